The van der Waals surface area contributed by atoms with Crippen molar-refractivity contribution >= 4 is 28.8 Å². The number of hydrogen-bond acceptors (Lipinski definition) is 4. The van der Waals surface area contributed by atoms with Crippen molar-refractivity contribution in [1.29, 1.82) is 0 Å². The number of nitrogens with two attached hydrogens (primary N) is 1. The van der Waals surface area contributed by atoms with Gasteiger partial charge in [0.1, 0.15) is 4.99 Å². The molecule has 2 atom stereocenters. The van der Waals surface area contributed by atoms with Crippen LogP contribution in [0.15, 0.2) is 18.2 Å². The molecule has 2 N–H and O–H groups in total. The number of likely N-dealkylation sites (tertiary alicyclic amines) is 1. The molecule has 4 nitrogen and oxygen atoms in total. The zero-order valence-electron chi connectivity index (χ0n) is 11.6. The summed E-state index contributed by atoms with van der Waals surface area (Å²) in [6.45, 7) is 2.43. The highest BCUT2D eigenvalue weighted by Crippen LogP contribution is 2.23. The highest BCUT2D eigenvalue weighted by atomic mass is 35.5. The number of halogens is 1. The summed E-state index contributed by atoms with van der Waals surface area (Å²) in [6.07, 6.45) is 0.212. The third kappa shape index (κ3) is 3.48. The Hall–Kier alpha value is -0.720. The summed E-state index contributed by atoms with van der Waals surface area (Å²) in [5, 5.41) is 0.685. The number of hydrogen-bond donors (Lipinski definition) is 1. The van der Waals surface area contributed by atoms with Crippen molar-refractivity contribution in [3.8, 4) is 0 Å². The van der Waals surface area contributed by atoms with Crippen LogP contribution in [0.3, 0.4) is 0 Å². The van der Waals surface area contributed by atoms with Crippen LogP contribution >= 0.6 is 23.8 Å². The zero-order valence-corrected chi connectivity index (χ0v) is 13.2. The maximum absolute atomic E-state index is 6.29. The van der Waals surface area contributed by atoms with Crippen LogP contribution in [0.2, 0.25) is 5.02 Å². The molecule has 6 heteroatoms. The van der Waals surface area contributed by atoms with Crippen molar-refractivity contribution in [3.63, 3.8) is 0 Å². The van der Waals surface area contributed by atoms with Crippen LogP contribution in [0.25, 0.3) is 0 Å². The van der Waals surface area contributed by atoms with Crippen LogP contribution in [-0.4, -0.2) is 49.4 Å². The molecule has 1 aliphatic heterocycles. The van der Waals surface area contributed by atoms with E-state index in [-0.39, 0.29) is 12.2 Å². The first kappa shape index (κ1) is 15.7. The molecule has 1 aromatic carbocycles. The van der Waals surface area contributed by atoms with E-state index in [2.05, 4.69) is 4.90 Å². The fraction of sp³-hybridized carbons (Fsp3) is 0.500. The molecule has 1 aliphatic rings. The van der Waals surface area contributed by atoms with Gasteiger partial charge in [-0.15, -0.1) is 0 Å². The molecule has 110 valence electrons. The summed E-state index contributed by atoms with van der Waals surface area (Å²) < 4.78 is 10.9. The second-order valence-electron chi connectivity index (χ2n) is 4.91. The van der Waals surface area contributed by atoms with E-state index in [1.54, 1.807) is 14.2 Å². The molecular weight excluding hydrogens is 296 g/mol. The maximum Gasteiger partial charge on any atom is 0.104 e. The van der Waals surface area contributed by atoms with Crippen molar-refractivity contribution in [3.05, 3.63) is 34.3 Å². The quantitative estimate of drug-likeness (QED) is 0.840. The van der Waals surface area contributed by atoms with E-state index in [4.69, 9.17) is 39.0 Å². The molecule has 1 aromatic rings. The first-order valence-electron chi connectivity index (χ1n) is 6.41. The van der Waals surface area contributed by atoms with Crippen molar-refractivity contribution in [2.75, 3.05) is 27.3 Å². The summed E-state index contributed by atoms with van der Waals surface area (Å²) in [6, 6.07) is 5.69. The van der Waals surface area contributed by atoms with Crippen LogP contribution in [0.5, 0.6) is 0 Å². The van der Waals surface area contributed by atoms with Gasteiger partial charge in [0.2, 0.25) is 0 Å². The number of rotatable bonds is 5. The molecular formula is C14H19ClN2O2S. The van der Waals surface area contributed by atoms with E-state index in [0.717, 1.165) is 30.8 Å². The molecule has 0 aliphatic carbocycles. The Morgan fingerprint density at radius 2 is 1.95 bits per heavy atom. The van der Waals surface area contributed by atoms with Gasteiger partial charge in [-0.25, -0.2) is 0 Å². The van der Waals surface area contributed by atoms with Crippen LogP contribution in [0, 0.1) is 0 Å². The summed E-state index contributed by atoms with van der Waals surface area (Å²) >= 11 is 11.2. The minimum atomic E-state index is 0.106. The molecule has 2 rings (SSSR count). The summed E-state index contributed by atoms with van der Waals surface area (Å²) in [4.78, 5) is 2.63. The Balaban J connectivity index is 2.06. The zero-order chi connectivity index (χ0) is 14.7. The average molecular weight is 315 g/mol. The molecule has 1 heterocycles. The highest BCUT2D eigenvalue weighted by molar-refractivity contribution is 7.80. The van der Waals surface area contributed by atoms with Crippen molar-refractivity contribution < 1.29 is 9.47 Å². The Kier molecular flexibility index (Phi) is 5.35. The van der Waals surface area contributed by atoms with Gasteiger partial charge in [0.05, 0.1) is 12.2 Å². The van der Waals surface area contributed by atoms with Gasteiger partial charge in [0.15, 0.2) is 0 Å². The molecule has 0 bridgehead atoms. The summed E-state index contributed by atoms with van der Waals surface area (Å²) in [5.41, 5.74) is 7.44. The second kappa shape index (κ2) is 6.83. The molecule has 1 fully saturated rings. The largest absolute Gasteiger partial charge is 0.389 e. The topological polar surface area (TPSA) is 47.7 Å². The lowest BCUT2D eigenvalue weighted by atomic mass is 10.1. The van der Waals surface area contributed by atoms with E-state index in [1.165, 1.54) is 0 Å². The molecule has 20 heavy (non-hydrogen) atoms. The van der Waals surface area contributed by atoms with Crippen LogP contribution in [0.1, 0.15) is 11.1 Å². The van der Waals surface area contributed by atoms with Gasteiger partial charge < -0.3 is 15.2 Å². The van der Waals surface area contributed by atoms with Crippen molar-refractivity contribution in [2.45, 2.75) is 18.8 Å². The molecule has 0 spiro atoms. The Morgan fingerprint density at radius 3 is 2.40 bits per heavy atom. The first-order chi connectivity index (χ1) is 9.55. The van der Waals surface area contributed by atoms with Gasteiger partial charge in [0, 0.05) is 44.4 Å². The number of methoxy groups -OCH3 is 2. The number of ether oxygens (including phenoxy) is 2. The van der Waals surface area contributed by atoms with E-state index in [1.807, 2.05) is 18.2 Å². The lowest BCUT2D eigenvalue weighted by molar-refractivity contribution is -0.00461. The van der Waals surface area contributed by atoms with Gasteiger partial charge in [-0.05, 0) is 11.6 Å². The van der Waals surface area contributed by atoms with Gasteiger partial charge in [-0.3, -0.25) is 4.90 Å². The fourth-order valence-electron chi connectivity index (χ4n) is 2.47. The van der Waals surface area contributed by atoms with Crippen LogP contribution in [-0.2, 0) is 16.0 Å². The molecule has 0 aromatic heterocycles. The molecule has 0 radical (unpaired) electrons. The predicted octanol–water partition coefficient (Wildman–Crippen LogP) is 1.82. The van der Waals surface area contributed by atoms with Gasteiger partial charge in [-0.1, -0.05) is 36.0 Å². The van der Waals surface area contributed by atoms with Crippen LogP contribution in [0.4, 0.5) is 0 Å². The molecule has 0 amide bonds. The number of benzene rings is 1. The lowest BCUT2D eigenvalue weighted by Crippen LogP contribution is -2.27. The van der Waals surface area contributed by atoms with Crippen molar-refractivity contribution in [2.24, 2.45) is 5.73 Å². The summed E-state index contributed by atoms with van der Waals surface area (Å²) in [7, 11) is 3.42. The number of thiocarbonyl (C=S) groups is 1. The van der Waals surface area contributed by atoms with Crippen molar-refractivity contribution in [1.82, 2.24) is 4.90 Å². The number of nitrogens with zero attached hydrogens (tertiary/aromatic N) is 1. The lowest BCUT2D eigenvalue weighted by Gasteiger charge is -2.16. The Morgan fingerprint density at radius 1 is 1.35 bits per heavy atom. The SMILES string of the molecule is COC1CN(Cc2ccc(C(N)=S)cc2Cl)CC1OC. The van der Waals surface area contributed by atoms with E-state index in [9.17, 15) is 0 Å². The van der Waals surface area contributed by atoms with Gasteiger partial charge in [-0.2, -0.15) is 0 Å². The van der Waals surface area contributed by atoms with Gasteiger partial charge >= 0.3 is 0 Å². The monoisotopic (exact) mass is 314 g/mol. The van der Waals surface area contributed by atoms with Crippen LogP contribution < -0.4 is 5.73 Å². The van der Waals surface area contributed by atoms with E-state index < -0.39 is 0 Å². The van der Waals surface area contributed by atoms with E-state index >= 15 is 0 Å². The van der Waals surface area contributed by atoms with Gasteiger partial charge in [0.25, 0.3) is 0 Å². The standard InChI is InChI=1S/C14H19ClN2O2S/c1-18-12-7-17(8-13(12)19-2)6-10-4-3-9(14(16)20)5-11(10)15/h3-5,12-13H,6-8H2,1-2H3,(H2,16,20). The molecule has 0 saturated carbocycles. The minimum absolute atomic E-state index is 0.106. The normalized spacial score (nSPS) is 23.1. The first-order valence-corrected chi connectivity index (χ1v) is 7.20. The molecule has 1 saturated heterocycles. The minimum Gasteiger partial charge on any atom is -0.389 e. The smallest absolute Gasteiger partial charge is 0.104 e. The third-order valence-electron chi connectivity index (χ3n) is 3.63. The van der Waals surface area contributed by atoms with E-state index in [0.29, 0.717) is 10.0 Å². The molecule has 2 unspecified atom stereocenters. The highest BCUT2D eigenvalue weighted by Gasteiger charge is 2.32. The average Bonchev–Trinajstić information content (AvgIpc) is 2.83. The summed E-state index contributed by atoms with van der Waals surface area (Å²) in [5.74, 6) is 0. The Labute approximate surface area is 129 Å². The predicted molar refractivity (Wildman–Crippen MR) is 84.2 cm³/mol. The second-order valence-corrected chi connectivity index (χ2v) is 5.76. The fourth-order valence-corrected chi connectivity index (χ4v) is 2.84. The Bertz CT molecular complexity index is 486. The third-order valence-corrected chi connectivity index (χ3v) is 4.22. The maximum atomic E-state index is 6.29.